The second kappa shape index (κ2) is 28.0. The van der Waals surface area contributed by atoms with Gasteiger partial charge in [0.1, 0.15) is 30.5 Å². The van der Waals surface area contributed by atoms with Crippen molar-refractivity contribution in [2.75, 3.05) is 48.5 Å². The molecular weight excluding hydrogens is 925 g/mol. The molecule has 0 bridgehead atoms. The van der Waals surface area contributed by atoms with E-state index < -0.39 is 127 Å². The quantitative estimate of drug-likeness (QED) is 0.124. The van der Waals surface area contributed by atoms with E-state index in [1.165, 1.54) is 35.2 Å². The van der Waals surface area contributed by atoms with Gasteiger partial charge in [-0.25, -0.2) is 0 Å². The zero-order valence-electron chi connectivity index (χ0n) is 44.6. The van der Waals surface area contributed by atoms with E-state index in [0.717, 1.165) is 5.56 Å². The molecule has 19 heteroatoms. The molecule has 1 aromatic rings. The maximum Gasteiger partial charge on any atom is 0.309 e. The Balaban J connectivity index is 1.88. The first-order chi connectivity index (χ1) is 33.6. The molecule has 0 aromatic heterocycles. The zero-order valence-corrected chi connectivity index (χ0v) is 44.6. The van der Waals surface area contributed by atoms with E-state index >= 15 is 0 Å². The number of likely N-dealkylation sites (N-methyl/N-ethyl adjacent to an activating group) is 1. The van der Waals surface area contributed by atoms with Gasteiger partial charge in [-0.15, -0.1) is 0 Å². The molecule has 1 aromatic carbocycles. The van der Waals surface area contributed by atoms with E-state index in [2.05, 4.69) is 4.90 Å². The monoisotopic (exact) mass is 1010 g/mol. The molecule has 0 aliphatic carbocycles. The van der Waals surface area contributed by atoms with Crippen LogP contribution in [0, 0.1) is 17.8 Å². The molecule has 0 amide bonds. The van der Waals surface area contributed by atoms with Crippen LogP contribution in [0.2, 0.25) is 0 Å². The molecule has 1 N–H and O–H groups in total. The molecule has 0 radical (unpaired) electrons. The minimum absolute atomic E-state index is 0.00169. The van der Waals surface area contributed by atoms with Crippen molar-refractivity contribution in [1.29, 1.82) is 0 Å². The molecule has 4 rings (SSSR count). The Labute approximate surface area is 421 Å². The number of hydrogen-bond acceptors (Lipinski definition) is 19. The molecule has 0 unspecified atom stereocenters. The van der Waals surface area contributed by atoms with Gasteiger partial charge in [0.05, 0.1) is 36.9 Å². The zero-order chi connectivity index (χ0) is 52.7. The van der Waals surface area contributed by atoms with Gasteiger partial charge < -0.3 is 62.1 Å². The highest BCUT2D eigenvalue weighted by atomic mass is 16.7. The number of hydrogen-bond donors (Lipinski definition) is 1. The summed E-state index contributed by atoms with van der Waals surface area (Å²) in [6.45, 7) is 16.4. The second-order valence-corrected chi connectivity index (χ2v) is 19.9. The number of nitrogens with zero attached hydrogens (tertiary/aromatic N) is 2. The lowest BCUT2D eigenvalue weighted by Crippen LogP contribution is -2.67. The number of carbonyl (C=O) groups excluding carboxylic acids is 5. The van der Waals surface area contributed by atoms with Gasteiger partial charge in [0.2, 0.25) is 0 Å². The van der Waals surface area contributed by atoms with Crippen LogP contribution in [0.15, 0.2) is 30.3 Å². The van der Waals surface area contributed by atoms with Crippen LogP contribution in [0.25, 0.3) is 0 Å². The Kier molecular flexibility index (Phi) is 23.6. The van der Waals surface area contributed by atoms with Gasteiger partial charge in [-0.05, 0) is 72.0 Å². The molecule has 3 fully saturated rings. The third-order valence-electron chi connectivity index (χ3n) is 14.1. The van der Waals surface area contributed by atoms with Crippen molar-refractivity contribution >= 4 is 29.8 Å². The molecule has 71 heavy (non-hydrogen) atoms. The average Bonchev–Trinajstić information content (AvgIpc) is 3.30. The standard InChI is InChI=1S/C52H84N2O17/c1-15-40(57)68-38-26-42(59)64-31(4)22-23-54(28-36-20-18-17-19-21-36)29-39(67-34(7)55)30(3)24-37(25-43(61-12)62-13)45(49(38)63-14)50-47(60)46(53(10)11)48(32(5)66-50)70-44-27-52(9,71-35(8)56)51(33(6)65-44)69-41(58)16-2/h17-21,30-33,37-39,43-51,60H,15-16,22-29H2,1-14H3/t30-,31-,32-,33+,37-,38-,39+,44+,45+,46-,47-,48-,49-,50+,51+,52-/m1/s1. The number of carbonyl (C=O) groups is 5. The summed E-state index contributed by atoms with van der Waals surface area (Å²) in [6, 6.07) is 9.14. The molecule has 404 valence electrons. The van der Waals surface area contributed by atoms with E-state index in [1.807, 2.05) is 49.1 Å². The lowest BCUT2D eigenvalue weighted by atomic mass is 9.70. The highest BCUT2D eigenvalue weighted by Gasteiger charge is 2.56. The number of aliphatic hydroxyl groups is 1. The third kappa shape index (κ3) is 16.9. The summed E-state index contributed by atoms with van der Waals surface area (Å²) in [5.74, 6) is -4.50. The minimum atomic E-state index is -1.35. The summed E-state index contributed by atoms with van der Waals surface area (Å²) in [5.41, 5.74) is -0.285. The Bertz CT molecular complexity index is 1840. The molecule has 3 aliphatic heterocycles. The van der Waals surface area contributed by atoms with Gasteiger partial charge in [-0.3, -0.25) is 28.9 Å². The molecule has 3 aliphatic rings. The fourth-order valence-corrected chi connectivity index (χ4v) is 10.7. The maximum atomic E-state index is 14.1. The summed E-state index contributed by atoms with van der Waals surface area (Å²) in [4.78, 5) is 69.4. The number of cyclic esters (lactones) is 1. The van der Waals surface area contributed by atoms with Gasteiger partial charge in [0, 0.05) is 86.4 Å². The van der Waals surface area contributed by atoms with Gasteiger partial charge in [-0.1, -0.05) is 51.1 Å². The van der Waals surface area contributed by atoms with Crippen molar-refractivity contribution in [3.63, 3.8) is 0 Å². The number of aliphatic hydroxyl groups excluding tert-OH is 1. The van der Waals surface area contributed by atoms with Crippen LogP contribution in [-0.4, -0.2) is 179 Å². The predicted molar refractivity (Wildman–Crippen MR) is 258 cm³/mol. The van der Waals surface area contributed by atoms with Gasteiger partial charge in [0.25, 0.3) is 0 Å². The van der Waals surface area contributed by atoms with Crippen LogP contribution in [0.1, 0.15) is 113 Å². The fourth-order valence-electron chi connectivity index (χ4n) is 10.7. The van der Waals surface area contributed by atoms with Crippen LogP contribution in [0.5, 0.6) is 0 Å². The summed E-state index contributed by atoms with van der Waals surface area (Å²) in [7, 11) is 8.11. The summed E-state index contributed by atoms with van der Waals surface area (Å²) >= 11 is 0. The lowest BCUT2D eigenvalue weighted by Gasteiger charge is -2.53. The number of esters is 5. The van der Waals surface area contributed by atoms with Gasteiger partial charge in [0.15, 0.2) is 24.3 Å². The van der Waals surface area contributed by atoms with Crippen molar-refractivity contribution in [1.82, 2.24) is 9.80 Å². The number of ether oxygens (including phenoxy) is 11. The van der Waals surface area contributed by atoms with Crippen molar-refractivity contribution in [3.05, 3.63) is 35.9 Å². The van der Waals surface area contributed by atoms with Crippen LogP contribution in [0.3, 0.4) is 0 Å². The van der Waals surface area contributed by atoms with Crippen LogP contribution in [0.4, 0.5) is 0 Å². The number of rotatable bonds is 17. The van der Waals surface area contributed by atoms with Crippen LogP contribution >= 0.6 is 0 Å². The van der Waals surface area contributed by atoms with Crippen molar-refractivity contribution in [2.45, 2.75) is 199 Å². The number of benzene rings is 1. The molecular formula is C52H84N2O17. The molecule has 19 nitrogen and oxygen atoms in total. The fraction of sp³-hybridized carbons (Fsp3) is 0.788. The van der Waals surface area contributed by atoms with Crippen molar-refractivity contribution < 1.29 is 81.2 Å². The smallest absolute Gasteiger partial charge is 0.309 e. The number of methoxy groups -OCH3 is 3. The SMILES string of the molecule is CCC(=O)O[C@@H]1CC(=O)O[C@H](C)CCN(Cc2ccccc2)C[C@H](OC(C)=O)[C@H](C)C[C@H](CC(OC)OC)[C@H]([C@@H]2O[C@H](C)[C@@H](O[C@H]3C[C@@](C)(OC(C)=O)[C@@H](OC(=O)CC)[C@H](C)O3)[C@H](N(C)C)[C@H]2O)[C@@H]1OC. The Morgan fingerprint density at radius 2 is 1.52 bits per heavy atom. The average molecular weight is 1010 g/mol. The predicted octanol–water partition coefficient (Wildman–Crippen LogP) is 4.99. The van der Waals surface area contributed by atoms with Gasteiger partial charge >= 0.3 is 29.8 Å². The topological polar surface area (TPSA) is 214 Å². The Morgan fingerprint density at radius 3 is 2.10 bits per heavy atom. The molecule has 3 saturated heterocycles. The first-order valence-corrected chi connectivity index (χ1v) is 25.2. The highest BCUT2D eigenvalue weighted by molar-refractivity contribution is 5.73. The van der Waals surface area contributed by atoms with Gasteiger partial charge in [-0.2, -0.15) is 0 Å². The van der Waals surface area contributed by atoms with E-state index in [9.17, 15) is 29.1 Å². The molecule has 0 saturated carbocycles. The van der Waals surface area contributed by atoms with E-state index in [4.69, 9.17) is 52.1 Å². The van der Waals surface area contributed by atoms with Crippen LogP contribution in [-0.2, 0) is 82.6 Å². The second-order valence-electron chi connectivity index (χ2n) is 19.9. The Hall–Kier alpha value is -3.79. The minimum Gasteiger partial charge on any atom is -0.463 e. The van der Waals surface area contributed by atoms with Crippen LogP contribution < -0.4 is 0 Å². The normalized spacial score (nSPS) is 34.9. The molecule has 3 heterocycles. The van der Waals surface area contributed by atoms with E-state index in [-0.39, 0.29) is 38.0 Å². The highest BCUT2D eigenvalue weighted by Crippen LogP contribution is 2.44. The van der Waals surface area contributed by atoms with E-state index in [1.54, 1.807) is 48.7 Å². The summed E-state index contributed by atoms with van der Waals surface area (Å²) in [5, 5.41) is 13.0. The lowest BCUT2D eigenvalue weighted by molar-refractivity contribution is -0.320. The molecule has 0 spiro atoms. The first kappa shape index (κ1) is 59.8. The largest absolute Gasteiger partial charge is 0.463 e. The third-order valence-corrected chi connectivity index (χ3v) is 14.1. The van der Waals surface area contributed by atoms with E-state index in [0.29, 0.717) is 32.5 Å². The van der Waals surface area contributed by atoms with Crippen molar-refractivity contribution in [2.24, 2.45) is 17.8 Å². The first-order valence-electron chi connectivity index (χ1n) is 25.2. The summed E-state index contributed by atoms with van der Waals surface area (Å²) in [6.07, 6.45) is -10.4. The Morgan fingerprint density at radius 1 is 0.873 bits per heavy atom. The summed E-state index contributed by atoms with van der Waals surface area (Å²) < 4.78 is 68.2. The van der Waals surface area contributed by atoms with Crippen molar-refractivity contribution in [3.8, 4) is 0 Å². The molecule has 16 atom stereocenters. The maximum absolute atomic E-state index is 14.1.